The minimum atomic E-state index is 0.0172. The molecule has 8 heteroatoms. The number of benzene rings is 1. The third-order valence-corrected chi connectivity index (χ3v) is 5.52. The summed E-state index contributed by atoms with van der Waals surface area (Å²) in [6.07, 6.45) is 3.22. The molecule has 2 unspecified atom stereocenters. The topological polar surface area (TPSA) is 80.0 Å². The van der Waals surface area contributed by atoms with Crippen LogP contribution < -0.4 is 4.90 Å². The van der Waals surface area contributed by atoms with Gasteiger partial charge in [0.25, 0.3) is 5.91 Å². The first-order valence-electron chi connectivity index (χ1n) is 9.44. The van der Waals surface area contributed by atoms with E-state index in [4.69, 9.17) is 0 Å². The Balaban J connectivity index is 1.37. The monoisotopic (exact) mass is 375 g/mol. The molecule has 2 aliphatic heterocycles. The Morgan fingerprint density at radius 3 is 2.46 bits per heavy atom. The van der Waals surface area contributed by atoms with Gasteiger partial charge < -0.3 is 9.80 Å². The molecule has 28 heavy (non-hydrogen) atoms. The highest BCUT2D eigenvalue weighted by atomic mass is 16.2. The number of nitrogens with zero attached hydrogens (tertiary/aromatic N) is 7. The van der Waals surface area contributed by atoms with Crippen molar-refractivity contribution in [3.05, 3.63) is 59.7 Å². The Kier molecular flexibility index (Phi) is 3.85. The van der Waals surface area contributed by atoms with Crippen LogP contribution in [0.1, 0.15) is 21.7 Å². The summed E-state index contributed by atoms with van der Waals surface area (Å²) < 4.78 is 0. The van der Waals surface area contributed by atoms with Crippen molar-refractivity contribution in [1.82, 2.24) is 29.9 Å². The Morgan fingerprint density at radius 1 is 1.00 bits per heavy atom. The number of aromatic nitrogens is 5. The van der Waals surface area contributed by atoms with Crippen LogP contribution in [0.4, 0.5) is 5.95 Å². The van der Waals surface area contributed by atoms with Crippen molar-refractivity contribution in [1.29, 1.82) is 0 Å². The zero-order valence-electron chi connectivity index (χ0n) is 15.9. The summed E-state index contributed by atoms with van der Waals surface area (Å²) in [6, 6.07) is 9.73. The number of carbonyl (C=O) groups excluding carboxylic acids is 1. The van der Waals surface area contributed by atoms with Gasteiger partial charge in [0, 0.05) is 36.9 Å². The van der Waals surface area contributed by atoms with Crippen molar-refractivity contribution < 1.29 is 4.79 Å². The van der Waals surface area contributed by atoms with Gasteiger partial charge in [0.05, 0.1) is 29.7 Å². The minimum Gasteiger partial charge on any atom is -0.336 e. The maximum atomic E-state index is 13.2. The van der Waals surface area contributed by atoms with Crippen LogP contribution in [-0.2, 0) is 0 Å². The fourth-order valence-corrected chi connectivity index (χ4v) is 4.21. The van der Waals surface area contributed by atoms with Gasteiger partial charge in [-0.05, 0) is 32.0 Å². The van der Waals surface area contributed by atoms with Gasteiger partial charge in [-0.1, -0.05) is 12.1 Å². The molecule has 4 heterocycles. The second kappa shape index (κ2) is 6.40. The van der Waals surface area contributed by atoms with Crippen molar-refractivity contribution in [2.45, 2.75) is 19.9 Å². The summed E-state index contributed by atoms with van der Waals surface area (Å²) in [4.78, 5) is 28.1. The predicted molar refractivity (Wildman–Crippen MR) is 103 cm³/mol. The second-order valence-electron chi connectivity index (χ2n) is 7.48. The number of likely N-dealkylation sites (tertiary alicyclic amines) is 1. The molecule has 142 valence electrons. The Bertz CT molecular complexity index is 1010. The van der Waals surface area contributed by atoms with Crippen LogP contribution >= 0.6 is 0 Å². The molecule has 2 atom stereocenters. The molecular formula is C20H21N7O. The Morgan fingerprint density at radius 2 is 1.71 bits per heavy atom. The van der Waals surface area contributed by atoms with Gasteiger partial charge >= 0.3 is 0 Å². The summed E-state index contributed by atoms with van der Waals surface area (Å²) in [7, 11) is 0. The molecule has 0 spiro atoms. The van der Waals surface area contributed by atoms with E-state index in [9.17, 15) is 4.79 Å². The van der Waals surface area contributed by atoms with Gasteiger partial charge in [-0.15, -0.1) is 0 Å². The van der Waals surface area contributed by atoms with Gasteiger partial charge in [-0.25, -0.2) is 9.97 Å². The smallest absolute Gasteiger partial charge is 0.256 e. The fourth-order valence-electron chi connectivity index (χ4n) is 4.21. The van der Waals surface area contributed by atoms with Gasteiger partial charge in [0.15, 0.2) is 0 Å². The van der Waals surface area contributed by atoms with Crippen molar-refractivity contribution in [3.8, 4) is 5.69 Å². The molecule has 5 rings (SSSR count). The molecule has 2 saturated heterocycles. The van der Waals surface area contributed by atoms with Crippen LogP contribution in [0.3, 0.4) is 0 Å². The van der Waals surface area contributed by atoms with Crippen LogP contribution in [0.2, 0.25) is 0 Å². The molecule has 1 aromatic carbocycles. The van der Waals surface area contributed by atoms with Gasteiger partial charge in [0.2, 0.25) is 5.95 Å². The van der Waals surface area contributed by atoms with E-state index in [0.717, 1.165) is 30.4 Å². The quantitative estimate of drug-likeness (QED) is 0.692. The first kappa shape index (κ1) is 16.9. The molecule has 8 nitrogen and oxygen atoms in total. The summed E-state index contributed by atoms with van der Waals surface area (Å²) in [6.45, 7) is 6.30. The highest BCUT2D eigenvalue weighted by Crippen LogP contribution is 2.35. The van der Waals surface area contributed by atoms with Gasteiger partial charge in [-0.2, -0.15) is 15.0 Å². The molecule has 3 aromatic rings. The van der Waals surface area contributed by atoms with Crippen LogP contribution in [-0.4, -0.2) is 61.4 Å². The normalized spacial score (nSPS) is 20.8. The van der Waals surface area contributed by atoms with E-state index in [0.29, 0.717) is 23.7 Å². The lowest BCUT2D eigenvalue weighted by Crippen LogP contribution is -2.56. The van der Waals surface area contributed by atoms with E-state index < -0.39 is 0 Å². The van der Waals surface area contributed by atoms with E-state index >= 15 is 0 Å². The lowest BCUT2D eigenvalue weighted by atomic mass is 9.92. The molecule has 0 aliphatic carbocycles. The number of aryl methyl sites for hydroxylation is 2. The van der Waals surface area contributed by atoms with Crippen LogP contribution in [0.5, 0.6) is 0 Å². The zero-order valence-corrected chi connectivity index (χ0v) is 15.9. The predicted octanol–water partition coefficient (Wildman–Crippen LogP) is 1.63. The number of anilines is 1. The molecule has 2 fully saturated rings. The van der Waals surface area contributed by atoms with Crippen LogP contribution in [0, 0.1) is 19.8 Å². The summed E-state index contributed by atoms with van der Waals surface area (Å²) >= 11 is 0. The van der Waals surface area contributed by atoms with Crippen LogP contribution in [0.15, 0.2) is 42.7 Å². The van der Waals surface area contributed by atoms with Crippen molar-refractivity contribution in [3.63, 3.8) is 0 Å². The molecule has 1 amide bonds. The molecule has 0 radical (unpaired) electrons. The third-order valence-electron chi connectivity index (χ3n) is 5.52. The minimum absolute atomic E-state index is 0.0172. The number of rotatable bonds is 3. The van der Waals surface area contributed by atoms with E-state index in [1.165, 1.54) is 4.80 Å². The highest BCUT2D eigenvalue weighted by Gasteiger charge is 2.48. The SMILES string of the molecule is Cc1cc(C)nc(N2CC3CN(C(=O)c4ccccc4-n4nccn4)CC32)n1. The number of fused-ring (bicyclic) bond motifs is 1. The summed E-state index contributed by atoms with van der Waals surface area (Å²) in [5.74, 6) is 1.25. The number of carbonyl (C=O) groups is 1. The third kappa shape index (κ3) is 2.72. The molecule has 0 saturated carbocycles. The largest absolute Gasteiger partial charge is 0.336 e. The second-order valence-corrected chi connectivity index (χ2v) is 7.48. The number of hydrogen-bond acceptors (Lipinski definition) is 6. The highest BCUT2D eigenvalue weighted by molar-refractivity contribution is 5.98. The summed E-state index contributed by atoms with van der Waals surface area (Å²) in [5.41, 5.74) is 3.26. The number of amides is 1. The van der Waals surface area contributed by atoms with E-state index in [1.807, 2.05) is 49.1 Å². The van der Waals surface area contributed by atoms with Crippen molar-refractivity contribution in [2.24, 2.45) is 5.92 Å². The average Bonchev–Trinajstić information content (AvgIpc) is 3.30. The molecule has 0 N–H and O–H groups in total. The van der Waals surface area contributed by atoms with Crippen molar-refractivity contribution >= 4 is 11.9 Å². The first-order valence-corrected chi connectivity index (χ1v) is 9.44. The number of para-hydroxylation sites is 1. The molecule has 2 aliphatic rings. The number of hydrogen-bond donors (Lipinski definition) is 0. The van der Waals surface area contributed by atoms with Crippen LogP contribution in [0.25, 0.3) is 5.69 Å². The lowest BCUT2D eigenvalue weighted by Gasteiger charge is -2.43. The zero-order chi connectivity index (χ0) is 19.3. The lowest BCUT2D eigenvalue weighted by molar-refractivity contribution is 0.0789. The Labute approximate surface area is 162 Å². The average molecular weight is 375 g/mol. The summed E-state index contributed by atoms with van der Waals surface area (Å²) in [5, 5.41) is 8.35. The van der Waals surface area contributed by atoms with Gasteiger partial charge in [-0.3, -0.25) is 4.79 Å². The maximum absolute atomic E-state index is 13.2. The van der Waals surface area contributed by atoms with Crippen molar-refractivity contribution in [2.75, 3.05) is 24.5 Å². The molecular weight excluding hydrogens is 354 g/mol. The first-order chi connectivity index (χ1) is 13.6. The van der Waals surface area contributed by atoms with Gasteiger partial charge in [0.1, 0.15) is 0 Å². The standard InChI is InChI=1S/C20H21N7O/c1-13-9-14(2)24-20(23-13)26-11-15-10-25(12-18(15)26)19(28)16-5-3-4-6-17(16)27-21-7-8-22-27/h3-9,15,18H,10-12H2,1-2H3. The Hall–Kier alpha value is -3.29. The molecule has 2 aromatic heterocycles. The van der Waals surface area contributed by atoms with E-state index in [1.54, 1.807) is 12.4 Å². The fraction of sp³-hybridized carbons (Fsp3) is 0.350. The van der Waals surface area contributed by atoms with E-state index in [2.05, 4.69) is 25.1 Å². The maximum Gasteiger partial charge on any atom is 0.256 e. The van der Waals surface area contributed by atoms with E-state index in [-0.39, 0.29) is 11.9 Å². The molecule has 0 bridgehead atoms.